The smallest absolute Gasteiger partial charge is 0.408 e. The van der Waals surface area contributed by atoms with E-state index in [1.165, 1.54) is 0 Å². The second-order valence-electron chi connectivity index (χ2n) is 11.9. The number of para-hydroxylation sites is 1. The lowest BCUT2D eigenvalue weighted by molar-refractivity contribution is -0.142. The summed E-state index contributed by atoms with van der Waals surface area (Å²) in [5.41, 5.74) is 3.41. The number of aryl methyl sites for hydroxylation is 3. The van der Waals surface area contributed by atoms with E-state index in [0.29, 0.717) is 35.7 Å². The molecule has 3 amide bonds. The van der Waals surface area contributed by atoms with E-state index in [4.69, 9.17) is 16.3 Å². The first-order chi connectivity index (χ1) is 19.2. The van der Waals surface area contributed by atoms with Crippen LogP contribution in [0.3, 0.4) is 0 Å². The number of rotatable bonds is 12. The molecule has 226 valence electrons. The Morgan fingerprint density at radius 3 is 2.22 bits per heavy atom. The summed E-state index contributed by atoms with van der Waals surface area (Å²) in [7, 11) is 0. The van der Waals surface area contributed by atoms with Crippen LogP contribution in [0.1, 0.15) is 95.5 Å². The lowest BCUT2D eigenvalue weighted by atomic mass is 9.94. The average Bonchev–Trinajstić information content (AvgIpc) is 2.89. The molecule has 0 saturated carbocycles. The monoisotopic (exact) mass is 585 g/mol. The first-order valence-electron chi connectivity index (χ1n) is 14.6. The van der Waals surface area contributed by atoms with Crippen LogP contribution in [-0.2, 0) is 14.3 Å². The molecule has 0 heterocycles. The third-order valence-corrected chi connectivity index (χ3v) is 7.63. The summed E-state index contributed by atoms with van der Waals surface area (Å²) in [4.78, 5) is 43.1. The molecule has 0 aromatic heterocycles. The van der Waals surface area contributed by atoms with Crippen molar-refractivity contribution in [3.63, 3.8) is 0 Å². The van der Waals surface area contributed by atoms with Crippen LogP contribution in [0.15, 0.2) is 36.4 Å². The van der Waals surface area contributed by atoms with Gasteiger partial charge in [-0.3, -0.25) is 9.59 Å². The highest BCUT2D eigenvalue weighted by Crippen LogP contribution is 2.31. The van der Waals surface area contributed by atoms with Crippen molar-refractivity contribution in [2.45, 2.75) is 106 Å². The van der Waals surface area contributed by atoms with Gasteiger partial charge in [0.25, 0.3) is 5.91 Å². The van der Waals surface area contributed by atoms with Gasteiger partial charge in [-0.25, -0.2) is 4.79 Å². The van der Waals surface area contributed by atoms with Crippen LogP contribution >= 0.6 is 11.6 Å². The van der Waals surface area contributed by atoms with E-state index in [-0.39, 0.29) is 17.7 Å². The lowest BCUT2D eigenvalue weighted by Gasteiger charge is -2.36. The fourth-order valence-corrected chi connectivity index (χ4v) is 4.85. The molecule has 0 aliphatic rings. The maximum atomic E-state index is 14.4. The highest BCUT2D eigenvalue weighted by Gasteiger charge is 2.38. The number of nitrogens with one attached hydrogen (secondary N) is 2. The van der Waals surface area contributed by atoms with Gasteiger partial charge < -0.3 is 20.3 Å². The van der Waals surface area contributed by atoms with Crippen molar-refractivity contribution in [1.82, 2.24) is 10.2 Å². The zero-order chi connectivity index (χ0) is 30.9. The van der Waals surface area contributed by atoms with Gasteiger partial charge in [0, 0.05) is 6.54 Å². The summed E-state index contributed by atoms with van der Waals surface area (Å²) in [6.07, 6.45) is 2.54. The van der Waals surface area contributed by atoms with Crippen molar-refractivity contribution in [3.8, 4) is 0 Å². The summed E-state index contributed by atoms with van der Waals surface area (Å²) < 4.78 is 5.50. The predicted molar refractivity (Wildman–Crippen MR) is 167 cm³/mol. The minimum Gasteiger partial charge on any atom is -0.444 e. The van der Waals surface area contributed by atoms with Crippen molar-refractivity contribution >= 4 is 35.2 Å². The van der Waals surface area contributed by atoms with Crippen molar-refractivity contribution in [3.05, 3.63) is 63.7 Å². The molecule has 2 aromatic rings. The van der Waals surface area contributed by atoms with Gasteiger partial charge in [0.05, 0.1) is 10.7 Å². The summed E-state index contributed by atoms with van der Waals surface area (Å²) in [6.45, 7) is 17.5. The standard InChI is InChI=1S/C33H48ClN3O4/c1-10-12-13-19-37(31(39)28(21(3)11-2)36-32(40)41-33(7,8)9)29(25-18-17-22(4)24(6)20-25)30(38)35-27-23(5)15-14-16-26(27)34/h14-18,20-21,28-29H,10-13,19H2,1-9H3,(H,35,38)(H,36,40). The molecule has 0 aliphatic carbocycles. The number of halogens is 1. The van der Waals surface area contributed by atoms with E-state index >= 15 is 0 Å². The van der Waals surface area contributed by atoms with Gasteiger partial charge in [0.2, 0.25) is 5.91 Å². The van der Waals surface area contributed by atoms with Crippen molar-refractivity contribution in [2.75, 3.05) is 11.9 Å². The number of hydrogen-bond acceptors (Lipinski definition) is 4. The number of unbranched alkanes of at least 4 members (excludes halogenated alkanes) is 2. The van der Waals surface area contributed by atoms with Crippen molar-refractivity contribution in [1.29, 1.82) is 0 Å². The van der Waals surface area contributed by atoms with E-state index in [0.717, 1.165) is 29.5 Å². The molecule has 0 bridgehead atoms. The van der Waals surface area contributed by atoms with Crippen molar-refractivity contribution in [2.24, 2.45) is 5.92 Å². The zero-order valence-electron chi connectivity index (χ0n) is 26.2. The number of anilines is 1. The van der Waals surface area contributed by atoms with Gasteiger partial charge in [0.15, 0.2) is 0 Å². The molecule has 41 heavy (non-hydrogen) atoms. The van der Waals surface area contributed by atoms with E-state index in [9.17, 15) is 14.4 Å². The summed E-state index contributed by atoms with van der Waals surface area (Å²) in [5.74, 6) is -0.886. The molecule has 8 heteroatoms. The van der Waals surface area contributed by atoms with Gasteiger partial charge >= 0.3 is 6.09 Å². The van der Waals surface area contributed by atoms with Gasteiger partial charge in [0.1, 0.15) is 17.7 Å². The molecule has 7 nitrogen and oxygen atoms in total. The summed E-state index contributed by atoms with van der Waals surface area (Å²) in [5, 5.41) is 6.26. The topological polar surface area (TPSA) is 87.7 Å². The maximum absolute atomic E-state index is 14.4. The van der Waals surface area contributed by atoms with E-state index in [1.807, 2.05) is 65.0 Å². The Hall–Kier alpha value is -3.06. The predicted octanol–water partition coefficient (Wildman–Crippen LogP) is 7.90. The Morgan fingerprint density at radius 1 is 0.976 bits per heavy atom. The summed E-state index contributed by atoms with van der Waals surface area (Å²) in [6, 6.07) is 9.43. The molecule has 0 aliphatic heterocycles. The first kappa shape index (κ1) is 34.1. The Kier molecular flexibility index (Phi) is 12.7. The summed E-state index contributed by atoms with van der Waals surface area (Å²) >= 11 is 6.48. The van der Waals surface area contributed by atoms with Crippen molar-refractivity contribution < 1.29 is 19.1 Å². The SMILES string of the molecule is CCCCCN(C(=O)C(NC(=O)OC(C)(C)C)C(C)CC)C(C(=O)Nc1c(C)cccc1Cl)c1ccc(C)c(C)c1. The van der Waals surface area contributed by atoms with Crippen LogP contribution in [0.4, 0.5) is 10.5 Å². The highest BCUT2D eigenvalue weighted by molar-refractivity contribution is 6.34. The van der Waals surface area contributed by atoms with Crippen LogP contribution in [0.5, 0.6) is 0 Å². The van der Waals surface area contributed by atoms with E-state index in [2.05, 4.69) is 17.6 Å². The van der Waals surface area contributed by atoms with Gasteiger partial charge in [-0.2, -0.15) is 0 Å². The number of alkyl carbamates (subject to hydrolysis) is 1. The third-order valence-electron chi connectivity index (χ3n) is 7.31. The molecule has 3 unspecified atom stereocenters. The van der Waals surface area contributed by atoms with Crippen LogP contribution in [-0.4, -0.2) is 41.0 Å². The average molecular weight is 586 g/mol. The fourth-order valence-electron chi connectivity index (χ4n) is 4.58. The Balaban J connectivity index is 2.64. The quantitative estimate of drug-likeness (QED) is 0.248. The molecule has 0 fully saturated rings. The molecule has 0 radical (unpaired) electrons. The molecule has 0 saturated heterocycles. The van der Waals surface area contributed by atoms with E-state index in [1.54, 1.807) is 31.7 Å². The lowest BCUT2D eigenvalue weighted by Crippen LogP contribution is -2.55. The molecule has 2 rings (SSSR count). The minimum atomic E-state index is -0.943. The molecule has 2 N–H and O–H groups in total. The molecule has 3 atom stereocenters. The number of carbonyl (C=O) groups is 3. The third kappa shape index (κ3) is 9.77. The zero-order valence-corrected chi connectivity index (χ0v) is 26.9. The second-order valence-corrected chi connectivity index (χ2v) is 12.3. The molecule has 0 spiro atoms. The number of ether oxygens (including phenoxy) is 1. The van der Waals surface area contributed by atoms with Crippen LogP contribution in [0.2, 0.25) is 5.02 Å². The Labute approximate surface area is 251 Å². The minimum absolute atomic E-state index is 0.196. The normalized spacial score (nSPS) is 13.6. The number of hydrogen-bond donors (Lipinski definition) is 2. The number of carbonyl (C=O) groups excluding carboxylic acids is 3. The largest absolute Gasteiger partial charge is 0.444 e. The first-order valence-corrected chi connectivity index (χ1v) is 15.0. The van der Waals surface area contributed by atoms with Crippen LogP contribution in [0, 0.1) is 26.7 Å². The highest BCUT2D eigenvalue weighted by atomic mass is 35.5. The Bertz CT molecular complexity index is 1190. The molecule has 2 aromatic carbocycles. The van der Waals surface area contributed by atoms with E-state index < -0.39 is 23.8 Å². The maximum Gasteiger partial charge on any atom is 0.408 e. The number of benzene rings is 2. The second kappa shape index (κ2) is 15.2. The molecular formula is C33H48ClN3O4. The van der Waals surface area contributed by atoms with Gasteiger partial charge in [-0.15, -0.1) is 0 Å². The molecular weight excluding hydrogens is 538 g/mol. The Morgan fingerprint density at radius 2 is 1.66 bits per heavy atom. The van der Waals surface area contributed by atoms with Gasteiger partial charge in [-0.05, 0) is 82.2 Å². The fraction of sp³-hybridized carbons (Fsp3) is 0.545. The van der Waals surface area contributed by atoms with Gasteiger partial charge in [-0.1, -0.05) is 82.0 Å². The van der Waals surface area contributed by atoms with Crippen LogP contribution < -0.4 is 10.6 Å². The number of nitrogens with zero attached hydrogens (tertiary/aromatic N) is 1. The number of amides is 3. The van der Waals surface area contributed by atoms with Crippen LogP contribution in [0.25, 0.3) is 0 Å².